The highest BCUT2D eigenvalue weighted by Crippen LogP contribution is 2.35. The minimum Gasteiger partial charge on any atom is -0.393 e. The number of carbonyl (C=O) groups is 2. The van der Waals surface area contributed by atoms with Gasteiger partial charge in [0.1, 0.15) is 0 Å². The second kappa shape index (κ2) is 7.93. The lowest BCUT2D eigenvalue weighted by atomic mass is 9.78. The van der Waals surface area contributed by atoms with E-state index in [4.69, 9.17) is 11.0 Å². The van der Waals surface area contributed by atoms with E-state index in [0.29, 0.717) is 17.5 Å². The lowest BCUT2D eigenvalue weighted by Crippen LogP contribution is -2.31. The van der Waals surface area contributed by atoms with Crippen molar-refractivity contribution >= 4 is 11.8 Å². The van der Waals surface area contributed by atoms with E-state index in [1.807, 2.05) is 6.19 Å². The zero-order valence-electron chi connectivity index (χ0n) is 13.8. The molecule has 0 bridgehead atoms. The summed E-state index contributed by atoms with van der Waals surface area (Å²) in [5.74, 6) is -1.23. The summed E-state index contributed by atoms with van der Waals surface area (Å²) in [6.07, 6.45) is 5.22. The standard InChI is InChI=1S/C18H23N3O3/c1-21(11-19)18(24)16(10-12-6-8-13(22)9-7-12)14-4-2-3-5-15(14)17(20)23/h2-5,12-13,16,22H,6-10H2,1H3,(H2,20,23)/t12?,13?,16-/m0/s1. The first kappa shape index (κ1) is 18.0. The van der Waals surface area contributed by atoms with E-state index in [2.05, 4.69) is 0 Å². The number of rotatable bonds is 5. The Hall–Kier alpha value is -2.39. The molecule has 1 aromatic rings. The number of primary amides is 1. The molecule has 3 N–H and O–H groups in total. The maximum atomic E-state index is 12.7. The molecule has 0 saturated heterocycles. The number of nitrogens with two attached hydrogens (primary N) is 1. The lowest BCUT2D eigenvalue weighted by molar-refractivity contribution is -0.129. The van der Waals surface area contributed by atoms with Crippen LogP contribution in [-0.4, -0.2) is 35.0 Å². The molecule has 1 aliphatic rings. The summed E-state index contributed by atoms with van der Waals surface area (Å²) in [5.41, 5.74) is 6.34. The zero-order chi connectivity index (χ0) is 17.7. The van der Waals surface area contributed by atoms with Crippen molar-refractivity contribution in [3.8, 4) is 6.19 Å². The minimum atomic E-state index is -0.585. The van der Waals surface area contributed by atoms with Crippen LogP contribution in [0.4, 0.5) is 0 Å². The van der Waals surface area contributed by atoms with Crippen LogP contribution in [0.2, 0.25) is 0 Å². The molecule has 2 rings (SSSR count). The third-order valence-corrected chi connectivity index (χ3v) is 4.77. The summed E-state index contributed by atoms with van der Waals surface area (Å²) >= 11 is 0. The van der Waals surface area contributed by atoms with Gasteiger partial charge >= 0.3 is 0 Å². The van der Waals surface area contributed by atoms with Crippen molar-refractivity contribution in [2.75, 3.05) is 7.05 Å². The molecule has 0 radical (unpaired) electrons. The van der Waals surface area contributed by atoms with Gasteiger partial charge < -0.3 is 10.8 Å². The largest absolute Gasteiger partial charge is 0.393 e. The molecule has 1 aliphatic carbocycles. The van der Waals surface area contributed by atoms with E-state index in [1.54, 1.807) is 24.3 Å². The number of hydrogen-bond acceptors (Lipinski definition) is 4. The Morgan fingerprint density at radius 3 is 2.54 bits per heavy atom. The van der Waals surface area contributed by atoms with Crippen LogP contribution in [-0.2, 0) is 4.79 Å². The zero-order valence-corrected chi connectivity index (χ0v) is 13.8. The molecule has 1 fully saturated rings. The van der Waals surface area contributed by atoms with Gasteiger partial charge in [0, 0.05) is 12.6 Å². The monoisotopic (exact) mass is 329 g/mol. The average molecular weight is 329 g/mol. The summed E-state index contributed by atoms with van der Waals surface area (Å²) in [5, 5.41) is 18.7. The number of hydrogen-bond donors (Lipinski definition) is 2. The predicted octanol–water partition coefficient (Wildman–Crippen LogP) is 1.75. The number of aliphatic hydroxyl groups excluding tert-OH is 1. The quantitative estimate of drug-likeness (QED) is 0.633. The minimum absolute atomic E-state index is 0.268. The molecule has 1 atom stereocenters. The normalized spacial score (nSPS) is 21.5. The Bertz CT molecular complexity index is 645. The van der Waals surface area contributed by atoms with Crippen LogP contribution in [0.1, 0.15) is 53.9 Å². The van der Waals surface area contributed by atoms with Crippen LogP contribution >= 0.6 is 0 Å². The van der Waals surface area contributed by atoms with Crippen molar-refractivity contribution in [3.05, 3.63) is 35.4 Å². The van der Waals surface area contributed by atoms with Gasteiger partial charge in [-0.05, 0) is 49.7 Å². The van der Waals surface area contributed by atoms with Crippen LogP contribution < -0.4 is 5.73 Å². The summed E-state index contributed by atoms with van der Waals surface area (Å²) in [7, 11) is 1.42. The molecule has 0 unspecified atom stereocenters. The van der Waals surface area contributed by atoms with Crippen LogP contribution in [0.5, 0.6) is 0 Å². The topological polar surface area (TPSA) is 107 Å². The number of benzene rings is 1. The molecule has 6 nitrogen and oxygen atoms in total. The molecule has 0 heterocycles. The van der Waals surface area contributed by atoms with Gasteiger partial charge in [-0.25, -0.2) is 0 Å². The Morgan fingerprint density at radius 1 is 1.33 bits per heavy atom. The van der Waals surface area contributed by atoms with Gasteiger partial charge in [-0.15, -0.1) is 0 Å². The van der Waals surface area contributed by atoms with Gasteiger partial charge in [-0.2, -0.15) is 5.26 Å². The van der Waals surface area contributed by atoms with Crippen molar-refractivity contribution < 1.29 is 14.7 Å². The highest BCUT2D eigenvalue weighted by atomic mass is 16.3. The fraction of sp³-hybridized carbons (Fsp3) is 0.500. The Balaban J connectivity index is 2.32. The molecule has 1 saturated carbocycles. The van der Waals surface area contributed by atoms with Crippen molar-refractivity contribution in [2.45, 2.75) is 44.1 Å². The predicted molar refractivity (Wildman–Crippen MR) is 88.7 cm³/mol. The van der Waals surface area contributed by atoms with Crippen LogP contribution in [0.15, 0.2) is 24.3 Å². The highest BCUT2D eigenvalue weighted by Gasteiger charge is 2.31. The van der Waals surface area contributed by atoms with Crippen molar-refractivity contribution in [1.29, 1.82) is 5.26 Å². The SMILES string of the molecule is CN(C#N)C(=O)[C@@H](CC1CCC(O)CC1)c1ccccc1C(N)=O. The number of nitriles is 1. The van der Waals surface area contributed by atoms with E-state index in [-0.39, 0.29) is 17.9 Å². The smallest absolute Gasteiger partial charge is 0.249 e. The number of amides is 2. The molecule has 1 aromatic carbocycles. The molecular formula is C18H23N3O3. The second-order valence-corrected chi connectivity index (χ2v) is 6.41. The highest BCUT2D eigenvalue weighted by molar-refractivity contribution is 5.97. The first-order valence-electron chi connectivity index (χ1n) is 8.18. The van der Waals surface area contributed by atoms with Crippen LogP contribution in [0.3, 0.4) is 0 Å². The number of carbonyl (C=O) groups excluding carboxylic acids is 2. The van der Waals surface area contributed by atoms with Crippen LogP contribution in [0, 0.1) is 17.4 Å². The first-order valence-corrected chi connectivity index (χ1v) is 8.18. The third kappa shape index (κ3) is 4.12. The van der Waals surface area contributed by atoms with E-state index < -0.39 is 11.8 Å². The van der Waals surface area contributed by atoms with E-state index >= 15 is 0 Å². The maximum Gasteiger partial charge on any atom is 0.249 e. The molecule has 2 amide bonds. The maximum absolute atomic E-state index is 12.7. The molecule has 0 aromatic heterocycles. The Morgan fingerprint density at radius 2 is 1.96 bits per heavy atom. The summed E-state index contributed by atoms with van der Waals surface area (Å²) in [4.78, 5) is 25.4. The van der Waals surface area contributed by atoms with Gasteiger partial charge in [0.2, 0.25) is 11.8 Å². The summed E-state index contributed by atoms with van der Waals surface area (Å²) < 4.78 is 0. The van der Waals surface area contributed by atoms with E-state index in [9.17, 15) is 14.7 Å². The molecular weight excluding hydrogens is 306 g/mol. The molecule has 24 heavy (non-hydrogen) atoms. The second-order valence-electron chi connectivity index (χ2n) is 6.41. The third-order valence-electron chi connectivity index (χ3n) is 4.77. The Labute approximate surface area is 141 Å². The van der Waals surface area contributed by atoms with Gasteiger partial charge in [-0.3, -0.25) is 14.5 Å². The van der Waals surface area contributed by atoms with Gasteiger partial charge in [0.05, 0.1) is 12.0 Å². The van der Waals surface area contributed by atoms with Crippen LogP contribution in [0.25, 0.3) is 0 Å². The number of nitrogens with zero attached hydrogens (tertiary/aromatic N) is 2. The van der Waals surface area contributed by atoms with Gasteiger partial charge in [-0.1, -0.05) is 18.2 Å². The summed E-state index contributed by atoms with van der Waals surface area (Å²) in [6, 6.07) is 6.80. The van der Waals surface area contributed by atoms with Gasteiger partial charge in [0.25, 0.3) is 0 Å². The molecule has 0 spiro atoms. The van der Waals surface area contributed by atoms with Gasteiger partial charge in [0.15, 0.2) is 6.19 Å². The van der Waals surface area contributed by atoms with Crippen molar-refractivity contribution in [1.82, 2.24) is 4.90 Å². The summed E-state index contributed by atoms with van der Waals surface area (Å²) in [6.45, 7) is 0. The lowest BCUT2D eigenvalue weighted by Gasteiger charge is -2.29. The van der Waals surface area contributed by atoms with E-state index in [0.717, 1.165) is 30.6 Å². The first-order chi connectivity index (χ1) is 11.4. The Kier molecular flexibility index (Phi) is 5.93. The average Bonchev–Trinajstić information content (AvgIpc) is 2.60. The molecule has 6 heteroatoms. The number of aliphatic hydroxyl groups is 1. The number of likely N-dealkylation sites (N-methyl/N-ethyl adjacent to an activating group) is 1. The van der Waals surface area contributed by atoms with Crippen molar-refractivity contribution in [2.24, 2.45) is 11.7 Å². The van der Waals surface area contributed by atoms with Crippen molar-refractivity contribution in [3.63, 3.8) is 0 Å². The molecule has 128 valence electrons. The molecule has 0 aliphatic heterocycles. The van der Waals surface area contributed by atoms with E-state index in [1.165, 1.54) is 7.05 Å². The fourth-order valence-electron chi connectivity index (χ4n) is 3.38. The fourth-order valence-corrected chi connectivity index (χ4v) is 3.38.